The Labute approximate surface area is 97.9 Å². The lowest BCUT2D eigenvalue weighted by Crippen LogP contribution is -2.24. The van der Waals surface area contributed by atoms with Crippen LogP contribution in [0.5, 0.6) is 0 Å². The summed E-state index contributed by atoms with van der Waals surface area (Å²) in [6.45, 7) is 8.48. The van der Waals surface area contributed by atoms with Crippen LogP contribution in [0.1, 0.15) is 36.7 Å². The van der Waals surface area contributed by atoms with Crippen LogP contribution in [0.2, 0.25) is 0 Å². The Balaban J connectivity index is 2.94. The molecule has 0 saturated carbocycles. The van der Waals surface area contributed by atoms with Crippen molar-refractivity contribution in [2.45, 2.75) is 33.9 Å². The number of alkyl halides is 1. The number of aryl methyl sites for hydroxylation is 2. The van der Waals surface area contributed by atoms with Crippen molar-refractivity contribution < 1.29 is 4.39 Å². The lowest BCUT2D eigenvalue weighted by molar-refractivity contribution is 0.188. The van der Waals surface area contributed by atoms with Crippen LogP contribution in [0.15, 0.2) is 18.2 Å². The fraction of sp³-hybridized carbons (Fsp3) is 0.571. The standard InChI is InChI=1S/C14H22FN/c1-9(2)13(8-16)14(15)12-6-5-10(3)11(4)7-12/h5-7,9,13-14H,8,16H2,1-4H3. The molecule has 0 aliphatic heterocycles. The second-order valence-electron chi connectivity index (χ2n) is 4.89. The summed E-state index contributed by atoms with van der Waals surface area (Å²) in [5, 5.41) is 0. The first kappa shape index (κ1) is 13.2. The van der Waals surface area contributed by atoms with Gasteiger partial charge in [-0.3, -0.25) is 0 Å². The van der Waals surface area contributed by atoms with E-state index in [4.69, 9.17) is 5.73 Å². The summed E-state index contributed by atoms with van der Waals surface area (Å²) < 4.78 is 14.3. The van der Waals surface area contributed by atoms with Crippen LogP contribution in [0, 0.1) is 25.7 Å². The molecule has 2 unspecified atom stereocenters. The van der Waals surface area contributed by atoms with Gasteiger partial charge in [0.15, 0.2) is 0 Å². The van der Waals surface area contributed by atoms with Crippen LogP contribution in [0.4, 0.5) is 4.39 Å². The van der Waals surface area contributed by atoms with E-state index in [9.17, 15) is 4.39 Å². The summed E-state index contributed by atoms with van der Waals surface area (Å²) in [4.78, 5) is 0. The highest BCUT2D eigenvalue weighted by Crippen LogP contribution is 2.31. The molecule has 1 aromatic rings. The summed E-state index contributed by atoms with van der Waals surface area (Å²) in [5.74, 6) is 0.170. The van der Waals surface area contributed by atoms with E-state index in [0.717, 1.165) is 11.1 Å². The molecule has 2 N–H and O–H groups in total. The van der Waals surface area contributed by atoms with Gasteiger partial charge in [-0.05, 0) is 43.0 Å². The molecule has 2 heteroatoms. The van der Waals surface area contributed by atoms with Crippen molar-refractivity contribution in [3.63, 3.8) is 0 Å². The summed E-state index contributed by atoms with van der Waals surface area (Å²) >= 11 is 0. The zero-order valence-corrected chi connectivity index (χ0v) is 10.6. The molecule has 0 aliphatic carbocycles. The molecule has 90 valence electrons. The van der Waals surface area contributed by atoms with Crippen LogP contribution < -0.4 is 5.73 Å². The van der Waals surface area contributed by atoms with E-state index < -0.39 is 6.17 Å². The number of benzene rings is 1. The van der Waals surface area contributed by atoms with Crippen molar-refractivity contribution in [3.8, 4) is 0 Å². The molecular weight excluding hydrogens is 201 g/mol. The molecule has 16 heavy (non-hydrogen) atoms. The predicted octanol–water partition coefficient (Wildman–Crippen LogP) is 3.54. The number of nitrogens with two attached hydrogens (primary N) is 1. The van der Waals surface area contributed by atoms with E-state index in [-0.39, 0.29) is 11.8 Å². The summed E-state index contributed by atoms with van der Waals surface area (Å²) in [5.41, 5.74) is 8.73. The SMILES string of the molecule is Cc1ccc(C(F)C(CN)C(C)C)cc1C. The lowest BCUT2D eigenvalue weighted by atomic mass is 9.87. The van der Waals surface area contributed by atoms with Gasteiger partial charge in [-0.15, -0.1) is 0 Å². The number of hydrogen-bond donors (Lipinski definition) is 1. The third kappa shape index (κ3) is 2.82. The molecule has 1 rings (SSSR count). The maximum absolute atomic E-state index is 14.3. The highest BCUT2D eigenvalue weighted by Gasteiger charge is 2.24. The van der Waals surface area contributed by atoms with Crippen molar-refractivity contribution in [1.29, 1.82) is 0 Å². The predicted molar refractivity (Wildman–Crippen MR) is 67.1 cm³/mol. The normalized spacial score (nSPS) is 15.2. The van der Waals surface area contributed by atoms with Crippen LogP contribution >= 0.6 is 0 Å². The Morgan fingerprint density at radius 2 is 1.81 bits per heavy atom. The van der Waals surface area contributed by atoms with Crippen molar-refractivity contribution >= 4 is 0 Å². The van der Waals surface area contributed by atoms with Gasteiger partial charge in [-0.25, -0.2) is 4.39 Å². The van der Waals surface area contributed by atoms with Crippen molar-refractivity contribution in [3.05, 3.63) is 34.9 Å². The molecule has 0 aliphatic rings. The lowest BCUT2D eigenvalue weighted by Gasteiger charge is -2.23. The number of rotatable bonds is 4. The maximum atomic E-state index is 14.3. The Hall–Kier alpha value is -0.890. The zero-order chi connectivity index (χ0) is 12.3. The number of halogens is 1. The minimum atomic E-state index is -0.954. The molecule has 0 saturated heterocycles. The molecule has 1 aromatic carbocycles. The smallest absolute Gasteiger partial charge is 0.129 e. The molecule has 2 atom stereocenters. The molecule has 0 amide bonds. The molecule has 0 spiro atoms. The summed E-state index contributed by atoms with van der Waals surface area (Å²) in [6.07, 6.45) is -0.954. The summed E-state index contributed by atoms with van der Waals surface area (Å²) in [7, 11) is 0. The molecule has 0 bridgehead atoms. The van der Waals surface area contributed by atoms with Crippen LogP contribution in [0.25, 0.3) is 0 Å². The largest absolute Gasteiger partial charge is 0.330 e. The van der Waals surface area contributed by atoms with Gasteiger partial charge in [0.05, 0.1) is 0 Å². The van der Waals surface area contributed by atoms with Crippen LogP contribution in [0.3, 0.4) is 0 Å². The first-order valence-electron chi connectivity index (χ1n) is 5.88. The minimum absolute atomic E-state index is 0.0953. The van der Waals surface area contributed by atoms with Gasteiger partial charge in [-0.1, -0.05) is 32.0 Å². The topological polar surface area (TPSA) is 26.0 Å². The van der Waals surface area contributed by atoms with Gasteiger partial charge >= 0.3 is 0 Å². The fourth-order valence-electron chi connectivity index (χ4n) is 1.91. The Bertz CT molecular complexity index is 347. The average molecular weight is 223 g/mol. The Kier molecular flexibility index (Phi) is 4.48. The maximum Gasteiger partial charge on any atom is 0.129 e. The van der Waals surface area contributed by atoms with Crippen LogP contribution in [-0.4, -0.2) is 6.54 Å². The van der Waals surface area contributed by atoms with Crippen molar-refractivity contribution in [2.75, 3.05) is 6.54 Å². The molecule has 0 fully saturated rings. The fourth-order valence-corrected chi connectivity index (χ4v) is 1.91. The minimum Gasteiger partial charge on any atom is -0.330 e. The molecule has 0 aromatic heterocycles. The Morgan fingerprint density at radius 1 is 1.19 bits per heavy atom. The molecule has 0 heterocycles. The van der Waals surface area contributed by atoms with E-state index in [1.807, 2.05) is 45.9 Å². The molecule has 1 nitrogen and oxygen atoms in total. The number of hydrogen-bond acceptors (Lipinski definition) is 1. The van der Waals surface area contributed by atoms with E-state index >= 15 is 0 Å². The zero-order valence-electron chi connectivity index (χ0n) is 10.6. The van der Waals surface area contributed by atoms with E-state index in [2.05, 4.69) is 0 Å². The quantitative estimate of drug-likeness (QED) is 0.830. The Morgan fingerprint density at radius 3 is 2.25 bits per heavy atom. The third-order valence-corrected chi connectivity index (χ3v) is 3.35. The third-order valence-electron chi connectivity index (χ3n) is 3.35. The second-order valence-corrected chi connectivity index (χ2v) is 4.89. The van der Waals surface area contributed by atoms with Crippen molar-refractivity contribution in [2.24, 2.45) is 17.6 Å². The second kappa shape index (κ2) is 5.44. The monoisotopic (exact) mass is 223 g/mol. The summed E-state index contributed by atoms with van der Waals surface area (Å²) in [6, 6.07) is 5.79. The van der Waals surface area contributed by atoms with Gasteiger partial charge in [-0.2, -0.15) is 0 Å². The average Bonchev–Trinajstić information content (AvgIpc) is 2.22. The highest BCUT2D eigenvalue weighted by atomic mass is 19.1. The van der Waals surface area contributed by atoms with Gasteiger partial charge in [0.25, 0.3) is 0 Å². The van der Waals surface area contributed by atoms with Gasteiger partial charge in [0.1, 0.15) is 6.17 Å². The van der Waals surface area contributed by atoms with Gasteiger partial charge in [0, 0.05) is 5.92 Å². The van der Waals surface area contributed by atoms with Crippen LogP contribution in [-0.2, 0) is 0 Å². The van der Waals surface area contributed by atoms with Gasteiger partial charge < -0.3 is 5.73 Å². The molecular formula is C14H22FN. The van der Waals surface area contributed by atoms with E-state index in [1.54, 1.807) is 0 Å². The first-order chi connectivity index (χ1) is 7.47. The van der Waals surface area contributed by atoms with E-state index in [1.165, 1.54) is 5.56 Å². The van der Waals surface area contributed by atoms with Crippen molar-refractivity contribution in [1.82, 2.24) is 0 Å². The van der Waals surface area contributed by atoms with E-state index in [0.29, 0.717) is 6.54 Å². The first-order valence-corrected chi connectivity index (χ1v) is 5.88. The highest BCUT2D eigenvalue weighted by molar-refractivity contribution is 5.31. The molecule has 0 radical (unpaired) electrons. The van der Waals surface area contributed by atoms with Gasteiger partial charge in [0.2, 0.25) is 0 Å².